The Morgan fingerprint density at radius 3 is 2.43 bits per heavy atom. The largest absolute Gasteiger partial charge is 0.433 e. The number of benzene rings is 1. The number of hydrogen-bond donors (Lipinski definition) is 0. The SMILES string of the molecule is N#Cc1ccc(C(F)(F)F)nc1N1CCC2(CC1)CC(c1ccccc1)=NO2. The Labute approximate surface area is 160 Å². The lowest BCUT2D eigenvalue weighted by Crippen LogP contribution is -2.45. The smallest absolute Gasteiger partial charge is 0.388 e. The van der Waals surface area contributed by atoms with Crippen LogP contribution in [0.1, 0.15) is 36.1 Å². The molecule has 5 nitrogen and oxygen atoms in total. The zero-order valence-electron chi connectivity index (χ0n) is 14.9. The highest BCUT2D eigenvalue weighted by Crippen LogP contribution is 2.38. The van der Waals surface area contributed by atoms with Crippen molar-refractivity contribution in [3.8, 4) is 6.07 Å². The van der Waals surface area contributed by atoms with Crippen LogP contribution in [-0.4, -0.2) is 29.4 Å². The Morgan fingerprint density at radius 2 is 1.79 bits per heavy atom. The number of piperidine rings is 1. The van der Waals surface area contributed by atoms with Gasteiger partial charge in [-0.15, -0.1) is 0 Å². The third-order valence-electron chi connectivity index (χ3n) is 5.21. The summed E-state index contributed by atoms with van der Waals surface area (Å²) >= 11 is 0. The van der Waals surface area contributed by atoms with E-state index in [0.29, 0.717) is 32.4 Å². The fourth-order valence-electron chi connectivity index (χ4n) is 3.64. The number of nitrogens with zero attached hydrogens (tertiary/aromatic N) is 4. The van der Waals surface area contributed by atoms with E-state index < -0.39 is 17.5 Å². The molecule has 0 aliphatic carbocycles. The minimum atomic E-state index is -4.55. The van der Waals surface area contributed by atoms with Crippen LogP contribution in [0.15, 0.2) is 47.6 Å². The minimum Gasteiger partial charge on any atom is -0.388 e. The topological polar surface area (TPSA) is 61.5 Å². The predicted molar refractivity (Wildman–Crippen MR) is 96.8 cm³/mol. The molecular weight excluding hydrogens is 369 g/mol. The Bertz CT molecular complexity index is 942. The van der Waals surface area contributed by atoms with Gasteiger partial charge in [0.25, 0.3) is 0 Å². The van der Waals surface area contributed by atoms with E-state index in [1.807, 2.05) is 36.4 Å². The molecule has 0 saturated carbocycles. The molecule has 0 atom stereocenters. The Kier molecular flexibility index (Phi) is 4.46. The number of hydrogen-bond acceptors (Lipinski definition) is 5. The molecule has 0 amide bonds. The summed E-state index contributed by atoms with van der Waals surface area (Å²) in [6.45, 7) is 0.890. The normalized spacial score (nSPS) is 18.5. The first-order chi connectivity index (χ1) is 13.4. The number of rotatable bonds is 2. The summed E-state index contributed by atoms with van der Waals surface area (Å²) in [5, 5.41) is 13.5. The summed E-state index contributed by atoms with van der Waals surface area (Å²) in [5.41, 5.74) is 0.582. The molecule has 2 aliphatic heterocycles. The van der Waals surface area contributed by atoms with Gasteiger partial charge in [0.2, 0.25) is 0 Å². The van der Waals surface area contributed by atoms with Gasteiger partial charge in [-0.05, 0) is 17.7 Å². The average molecular weight is 386 g/mol. The third kappa shape index (κ3) is 3.40. The van der Waals surface area contributed by atoms with Crippen molar-refractivity contribution in [2.24, 2.45) is 5.16 Å². The van der Waals surface area contributed by atoms with Crippen molar-refractivity contribution in [3.63, 3.8) is 0 Å². The van der Waals surface area contributed by atoms with E-state index in [-0.39, 0.29) is 11.4 Å². The molecule has 1 spiro atoms. The monoisotopic (exact) mass is 386 g/mol. The molecule has 1 aromatic heterocycles. The van der Waals surface area contributed by atoms with Crippen molar-refractivity contribution in [1.82, 2.24) is 4.98 Å². The molecule has 2 aliphatic rings. The average Bonchev–Trinajstić information content (AvgIpc) is 3.12. The molecule has 28 heavy (non-hydrogen) atoms. The Morgan fingerprint density at radius 1 is 1.07 bits per heavy atom. The van der Waals surface area contributed by atoms with E-state index in [1.54, 1.807) is 4.90 Å². The molecule has 1 aromatic carbocycles. The molecule has 3 heterocycles. The first kappa shape index (κ1) is 18.3. The molecule has 1 saturated heterocycles. The van der Waals surface area contributed by atoms with Crippen LogP contribution < -0.4 is 4.90 Å². The second-order valence-electron chi connectivity index (χ2n) is 7.02. The van der Waals surface area contributed by atoms with Gasteiger partial charge in [0, 0.05) is 32.4 Å². The quantitative estimate of drug-likeness (QED) is 0.778. The van der Waals surface area contributed by atoms with Crippen molar-refractivity contribution in [2.75, 3.05) is 18.0 Å². The fraction of sp³-hybridized carbons (Fsp3) is 0.350. The molecule has 4 rings (SSSR count). The molecule has 0 radical (unpaired) electrons. The van der Waals surface area contributed by atoms with Crippen LogP contribution in [0.5, 0.6) is 0 Å². The summed E-state index contributed by atoms with van der Waals surface area (Å²) in [5.74, 6) is 0.0781. The lowest BCUT2D eigenvalue weighted by Gasteiger charge is -2.38. The number of alkyl halides is 3. The van der Waals surface area contributed by atoms with Gasteiger partial charge in [0.15, 0.2) is 0 Å². The van der Waals surface area contributed by atoms with Crippen LogP contribution in [0.3, 0.4) is 0 Å². The summed E-state index contributed by atoms with van der Waals surface area (Å²) in [4.78, 5) is 11.2. The lowest BCUT2D eigenvalue weighted by molar-refractivity contribution is -0.141. The summed E-state index contributed by atoms with van der Waals surface area (Å²) in [6.07, 6.45) is -2.70. The van der Waals surface area contributed by atoms with E-state index in [0.717, 1.165) is 17.3 Å². The van der Waals surface area contributed by atoms with Gasteiger partial charge >= 0.3 is 6.18 Å². The molecule has 0 bridgehead atoms. The third-order valence-corrected chi connectivity index (χ3v) is 5.21. The number of nitriles is 1. The zero-order valence-corrected chi connectivity index (χ0v) is 14.9. The maximum absolute atomic E-state index is 13.0. The molecule has 1 fully saturated rings. The molecule has 144 valence electrons. The molecule has 0 N–H and O–H groups in total. The van der Waals surface area contributed by atoms with E-state index in [2.05, 4.69) is 10.1 Å². The van der Waals surface area contributed by atoms with Crippen molar-refractivity contribution in [2.45, 2.75) is 31.0 Å². The van der Waals surface area contributed by atoms with Gasteiger partial charge in [-0.3, -0.25) is 0 Å². The van der Waals surface area contributed by atoms with Crippen LogP contribution >= 0.6 is 0 Å². The minimum absolute atomic E-state index is 0.0781. The molecular formula is C20H17F3N4O. The van der Waals surface area contributed by atoms with E-state index in [4.69, 9.17) is 4.84 Å². The molecule has 0 unspecified atom stereocenters. The second-order valence-corrected chi connectivity index (χ2v) is 7.02. The summed E-state index contributed by atoms with van der Waals surface area (Å²) in [7, 11) is 0. The van der Waals surface area contributed by atoms with Crippen LogP contribution in [0.2, 0.25) is 0 Å². The number of halogens is 3. The fourth-order valence-corrected chi connectivity index (χ4v) is 3.64. The van der Waals surface area contributed by atoms with Crippen molar-refractivity contribution >= 4 is 11.5 Å². The van der Waals surface area contributed by atoms with Crippen LogP contribution in [0.4, 0.5) is 19.0 Å². The van der Waals surface area contributed by atoms with Gasteiger partial charge in [-0.25, -0.2) is 4.98 Å². The summed E-state index contributed by atoms with van der Waals surface area (Å²) < 4.78 is 39.0. The van der Waals surface area contributed by atoms with Crippen molar-refractivity contribution in [1.29, 1.82) is 5.26 Å². The predicted octanol–water partition coefficient (Wildman–Crippen LogP) is 4.14. The molecule has 2 aromatic rings. The molecule has 8 heteroatoms. The van der Waals surface area contributed by atoms with Gasteiger partial charge < -0.3 is 9.74 Å². The standard InChI is InChI=1S/C20H17F3N4O/c21-20(22,23)17-7-6-15(13-24)18(25-17)27-10-8-19(9-11-27)12-16(26-28-19)14-4-2-1-3-5-14/h1-7H,8-12H2. The van der Waals surface area contributed by atoms with E-state index in [1.165, 1.54) is 6.07 Å². The van der Waals surface area contributed by atoms with Crippen LogP contribution in [-0.2, 0) is 11.0 Å². The highest BCUT2D eigenvalue weighted by Gasteiger charge is 2.43. The Hall–Kier alpha value is -3.08. The van der Waals surface area contributed by atoms with Gasteiger partial charge in [-0.1, -0.05) is 35.5 Å². The highest BCUT2D eigenvalue weighted by molar-refractivity contribution is 6.01. The second kappa shape index (κ2) is 6.82. The maximum atomic E-state index is 13.0. The van der Waals surface area contributed by atoms with Crippen molar-refractivity contribution in [3.05, 3.63) is 59.3 Å². The van der Waals surface area contributed by atoms with Gasteiger partial charge in [-0.2, -0.15) is 18.4 Å². The van der Waals surface area contributed by atoms with E-state index in [9.17, 15) is 18.4 Å². The van der Waals surface area contributed by atoms with Crippen LogP contribution in [0, 0.1) is 11.3 Å². The Balaban J connectivity index is 1.49. The zero-order chi connectivity index (χ0) is 19.8. The van der Waals surface area contributed by atoms with Gasteiger partial charge in [0.1, 0.15) is 23.2 Å². The van der Waals surface area contributed by atoms with Gasteiger partial charge in [0.05, 0.1) is 11.3 Å². The summed E-state index contributed by atoms with van der Waals surface area (Å²) in [6, 6.07) is 13.7. The lowest BCUT2D eigenvalue weighted by atomic mass is 9.85. The number of pyridine rings is 1. The number of aromatic nitrogens is 1. The number of oxime groups is 1. The van der Waals surface area contributed by atoms with Crippen molar-refractivity contribution < 1.29 is 18.0 Å². The first-order valence-corrected chi connectivity index (χ1v) is 8.94. The maximum Gasteiger partial charge on any atom is 0.433 e. The van der Waals surface area contributed by atoms with Crippen LogP contribution in [0.25, 0.3) is 0 Å². The first-order valence-electron chi connectivity index (χ1n) is 8.94. The number of anilines is 1. The highest BCUT2D eigenvalue weighted by atomic mass is 19.4. The van der Waals surface area contributed by atoms with E-state index >= 15 is 0 Å².